The van der Waals surface area contributed by atoms with Crippen LogP contribution in [0.25, 0.3) is 0 Å². The Labute approximate surface area is 125 Å². The van der Waals surface area contributed by atoms with Gasteiger partial charge in [-0.15, -0.1) is 0 Å². The van der Waals surface area contributed by atoms with Gasteiger partial charge < -0.3 is 20.1 Å². The monoisotopic (exact) mass is 292 g/mol. The normalized spacial score (nSPS) is 18.5. The van der Waals surface area contributed by atoms with Gasteiger partial charge in [-0.3, -0.25) is 9.59 Å². The molecule has 2 rings (SSSR count). The van der Waals surface area contributed by atoms with E-state index in [4.69, 9.17) is 5.73 Å². The fraction of sp³-hybridized carbons (Fsp3) is 0.600. The highest BCUT2D eigenvalue weighted by Crippen LogP contribution is 2.26. The number of likely N-dealkylation sites (N-methyl/N-ethyl adjacent to an activating group) is 1. The van der Waals surface area contributed by atoms with Gasteiger partial charge in [-0.1, -0.05) is 0 Å². The molecule has 0 saturated carbocycles. The van der Waals surface area contributed by atoms with Gasteiger partial charge in [0.25, 0.3) is 5.91 Å². The van der Waals surface area contributed by atoms with Crippen LogP contribution in [0.5, 0.6) is 0 Å². The highest BCUT2D eigenvalue weighted by atomic mass is 16.2. The van der Waals surface area contributed by atoms with Crippen molar-refractivity contribution < 1.29 is 9.59 Å². The van der Waals surface area contributed by atoms with Gasteiger partial charge in [0.15, 0.2) is 0 Å². The van der Waals surface area contributed by atoms with Crippen molar-refractivity contribution in [3.63, 3.8) is 0 Å². The van der Waals surface area contributed by atoms with Crippen LogP contribution in [0.1, 0.15) is 44.2 Å². The third-order valence-corrected chi connectivity index (χ3v) is 4.09. The third-order valence-electron chi connectivity index (χ3n) is 4.09. The van der Waals surface area contributed by atoms with Crippen molar-refractivity contribution in [2.24, 2.45) is 0 Å². The first-order valence-corrected chi connectivity index (χ1v) is 7.21. The van der Waals surface area contributed by atoms with Crippen molar-refractivity contribution in [3.05, 3.63) is 18.0 Å². The van der Waals surface area contributed by atoms with Crippen molar-refractivity contribution in [2.45, 2.75) is 39.3 Å². The van der Waals surface area contributed by atoms with Gasteiger partial charge in [0, 0.05) is 32.4 Å². The molecule has 116 valence electrons. The number of hydrogen-bond acceptors (Lipinski definition) is 3. The van der Waals surface area contributed by atoms with E-state index < -0.39 is 5.54 Å². The summed E-state index contributed by atoms with van der Waals surface area (Å²) in [5, 5.41) is 0. The Morgan fingerprint density at radius 1 is 1.33 bits per heavy atom. The lowest BCUT2D eigenvalue weighted by atomic mass is 9.97. The van der Waals surface area contributed by atoms with Crippen LogP contribution in [0, 0.1) is 0 Å². The molecule has 1 aromatic heterocycles. The summed E-state index contributed by atoms with van der Waals surface area (Å²) >= 11 is 0. The maximum absolute atomic E-state index is 12.9. The minimum Gasteiger partial charge on any atom is -0.397 e. The Morgan fingerprint density at radius 2 is 1.95 bits per heavy atom. The molecule has 2 heterocycles. The van der Waals surface area contributed by atoms with Gasteiger partial charge in [-0.25, -0.2) is 0 Å². The zero-order valence-electron chi connectivity index (χ0n) is 13.4. The molecule has 1 saturated heterocycles. The van der Waals surface area contributed by atoms with E-state index in [9.17, 15) is 9.59 Å². The summed E-state index contributed by atoms with van der Waals surface area (Å²) in [6, 6.07) is 1.81. The standard InChI is InChI=1S/C15H24N4O2/c1-10(2)18-9-11(16)8-12(18)13(20)19-7-6-17(5)14(21)15(19,3)4/h8-10H,6-7,16H2,1-5H3. The molecule has 1 fully saturated rings. The lowest BCUT2D eigenvalue weighted by molar-refractivity contribution is -0.144. The molecule has 0 spiro atoms. The van der Waals surface area contributed by atoms with Gasteiger partial charge in [-0.05, 0) is 33.8 Å². The van der Waals surface area contributed by atoms with Crippen molar-refractivity contribution >= 4 is 17.5 Å². The van der Waals surface area contributed by atoms with Crippen molar-refractivity contribution in [1.82, 2.24) is 14.4 Å². The third kappa shape index (κ3) is 2.50. The zero-order chi connectivity index (χ0) is 15.9. The first-order valence-electron chi connectivity index (χ1n) is 7.21. The molecule has 0 aliphatic carbocycles. The minimum atomic E-state index is -0.842. The average molecular weight is 292 g/mol. The number of rotatable bonds is 2. The molecule has 6 nitrogen and oxygen atoms in total. The van der Waals surface area contributed by atoms with Crippen LogP contribution in [0.2, 0.25) is 0 Å². The minimum absolute atomic E-state index is 0.0438. The number of hydrogen-bond donors (Lipinski definition) is 1. The molecular formula is C15H24N4O2. The molecule has 1 aromatic rings. The molecule has 2 N–H and O–H groups in total. The number of amides is 2. The van der Waals surface area contributed by atoms with Crippen LogP contribution >= 0.6 is 0 Å². The first kappa shape index (κ1) is 15.4. The summed E-state index contributed by atoms with van der Waals surface area (Å²) < 4.78 is 1.86. The van der Waals surface area contributed by atoms with E-state index in [0.29, 0.717) is 24.5 Å². The van der Waals surface area contributed by atoms with Crippen LogP contribution in [0.15, 0.2) is 12.3 Å². The smallest absolute Gasteiger partial charge is 0.271 e. The molecule has 2 amide bonds. The molecule has 21 heavy (non-hydrogen) atoms. The number of nitrogen functional groups attached to an aromatic ring is 1. The quantitative estimate of drug-likeness (QED) is 0.894. The van der Waals surface area contributed by atoms with E-state index >= 15 is 0 Å². The Kier molecular flexibility index (Phi) is 3.74. The second-order valence-electron chi connectivity index (χ2n) is 6.40. The molecule has 0 aromatic carbocycles. The first-order chi connectivity index (χ1) is 9.66. The zero-order valence-corrected chi connectivity index (χ0v) is 13.4. The summed E-state index contributed by atoms with van der Waals surface area (Å²) in [6.45, 7) is 8.64. The summed E-state index contributed by atoms with van der Waals surface area (Å²) in [6.07, 6.45) is 1.77. The number of carbonyl (C=O) groups excluding carboxylic acids is 2. The summed E-state index contributed by atoms with van der Waals surface area (Å²) in [5.41, 5.74) is 6.09. The van der Waals surface area contributed by atoms with Crippen LogP contribution in [-0.2, 0) is 4.79 Å². The molecule has 1 aliphatic heterocycles. The fourth-order valence-corrected chi connectivity index (χ4v) is 2.81. The highest BCUT2D eigenvalue weighted by molar-refractivity contribution is 5.99. The molecule has 6 heteroatoms. The van der Waals surface area contributed by atoms with E-state index in [1.54, 1.807) is 43.0 Å². The highest BCUT2D eigenvalue weighted by Gasteiger charge is 2.43. The number of carbonyl (C=O) groups is 2. The van der Waals surface area contributed by atoms with Crippen LogP contribution in [-0.4, -0.2) is 51.9 Å². The fourth-order valence-electron chi connectivity index (χ4n) is 2.81. The Balaban J connectivity index is 2.38. The lowest BCUT2D eigenvalue weighted by Crippen LogP contribution is -2.63. The second kappa shape index (κ2) is 5.09. The Morgan fingerprint density at radius 3 is 2.52 bits per heavy atom. The average Bonchev–Trinajstić information content (AvgIpc) is 2.78. The number of anilines is 1. The maximum atomic E-state index is 12.9. The van der Waals surface area contributed by atoms with Gasteiger partial charge in [0.05, 0.1) is 5.69 Å². The molecule has 0 atom stereocenters. The van der Waals surface area contributed by atoms with E-state index in [-0.39, 0.29) is 17.9 Å². The van der Waals surface area contributed by atoms with Crippen LogP contribution in [0.4, 0.5) is 5.69 Å². The van der Waals surface area contributed by atoms with Crippen LogP contribution < -0.4 is 5.73 Å². The topological polar surface area (TPSA) is 71.6 Å². The number of aromatic nitrogens is 1. The Hall–Kier alpha value is -1.98. The molecule has 0 unspecified atom stereocenters. The van der Waals surface area contributed by atoms with E-state index in [2.05, 4.69) is 0 Å². The van der Waals surface area contributed by atoms with E-state index in [0.717, 1.165) is 0 Å². The molecule has 1 aliphatic rings. The van der Waals surface area contributed by atoms with Crippen molar-refractivity contribution in [2.75, 3.05) is 25.9 Å². The molecular weight excluding hydrogens is 268 g/mol. The second-order valence-corrected chi connectivity index (χ2v) is 6.40. The van der Waals surface area contributed by atoms with Gasteiger partial charge in [0.1, 0.15) is 11.2 Å². The molecule has 0 radical (unpaired) electrons. The number of nitrogens with two attached hydrogens (primary N) is 1. The lowest BCUT2D eigenvalue weighted by Gasteiger charge is -2.44. The van der Waals surface area contributed by atoms with E-state index in [1.807, 2.05) is 18.4 Å². The van der Waals surface area contributed by atoms with Crippen molar-refractivity contribution in [3.8, 4) is 0 Å². The summed E-state index contributed by atoms with van der Waals surface area (Å²) in [4.78, 5) is 28.5. The maximum Gasteiger partial charge on any atom is 0.271 e. The summed E-state index contributed by atoms with van der Waals surface area (Å²) in [7, 11) is 1.76. The number of nitrogens with zero attached hydrogens (tertiary/aromatic N) is 3. The largest absolute Gasteiger partial charge is 0.397 e. The Bertz CT molecular complexity index is 574. The predicted octanol–water partition coefficient (Wildman–Crippen LogP) is 1.34. The van der Waals surface area contributed by atoms with Crippen LogP contribution in [0.3, 0.4) is 0 Å². The predicted molar refractivity (Wildman–Crippen MR) is 82.0 cm³/mol. The van der Waals surface area contributed by atoms with Crippen molar-refractivity contribution in [1.29, 1.82) is 0 Å². The van der Waals surface area contributed by atoms with Gasteiger partial charge >= 0.3 is 0 Å². The summed E-state index contributed by atoms with van der Waals surface area (Å²) in [5.74, 6) is -0.190. The van der Waals surface area contributed by atoms with E-state index in [1.165, 1.54) is 0 Å². The molecule has 0 bridgehead atoms. The number of piperazine rings is 1. The SMILES string of the molecule is CC(C)n1cc(N)cc1C(=O)N1CCN(C)C(=O)C1(C)C. The van der Waals surface area contributed by atoms with Gasteiger partial charge in [-0.2, -0.15) is 0 Å². The van der Waals surface area contributed by atoms with Gasteiger partial charge in [0.2, 0.25) is 5.91 Å².